The summed E-state index contributed by atoms with van der Waals surface area (Å²) < 4.78 is 26.9. The quantitative estimate of drug-likeness (QED) is 0.755. The fourth-order valence-corrected chi connectivity index (χ4v) is 3.20. The number of fused-ring (bicyclic) bond motifs is 1. The van der Waals surface area contributed by atoms with E-state index in [0.29, 0.717) is 12.5 Å². The minimum Gasteiger partial charge on any atom is -0.348 e. The van der Waals surface area contributed by atoms with Gasteiger partial charge >= 0.3 is 0 Å². The molecule has 1 amide bonds. The number of hydrogen-bond donors (Lipinski definition) is 2. The normalized spacial score (nSPS) is 14.0. The third kappa shape index (κ3) is 2.88. The lowest BCUT2D eigenvalue weighted by atomic mass is 9.99. The minimum absolute atomic E-state index is 0.112. The van der Waals surface area contributed by atoms with Gasteiger partial charge in [0.1, 0.15) is 0 Å². The molecule has 3 aromatic rings. The number of carbonyl (C=O) groups is 1. The van der Waals surface area contributed by atoms with Crippen molar-refractivity contribution in [2.75, 3.05) is 0 Å². The van der Waals surface area contributed by atoms with Gasteiger partial charge < -0.3 is 5.32 Å². The monoisotopic (exact) mass is 341 g/mol. The van der Waals surface area contributed by atoms with Crippen LogP contribution in [0.5, 0.6) is 0 Å². The zero-order valence-electron chi connectivity index (χ0n) is 13.7. The molecule has 6 heteroatoms. The van der Waals surface area contributed by atoms with Crippen molar-refractivity contribution >= 4 is 16.8 Å². The van der Waals surface area contributed by atoms with Crippen LogP contribution in [0.15, 0.2) is 30.5 Å². The second-order valence-corrected chi connectivity index (χ2v) is 6.51. The van der Waals surface area contributed by atoms with Crippen molar-refractivity contribution in [3.8, 4) is 0 Å². The smallest absolute Gasteiger partial charge is 0.251 e. The molecule has 0 radical (unpaired) electrons. The summed E-state index contributed by atoms with van der Waals surface area (Å²) in [5.74, 6) is -1.84. The summed E-state index contributed by atoms with van der Waals surface area (Å²) in [6, 6.07) is 6.35. The molecule has 1 heterocycles. The number of H-pyrrole nitrogens is 1. The largest absolute Gasteiger partial charge is 0.348 e. The molecule has 1 saturated carbocycles. The second kappa shape index (κ2) is 5.95. The number of benzene rings is 2. The topological polar surface area (TPSA) is 57.8 Å². The lowest BCUT2D eigenvalue weighted by Crippen LogP contribution is -2.24. The highest BCUT2D eigenvalue weighted by molar-refractivity contribution is 5.94. The summed E-state index contributed by atoms with van der Waals surface area (Å²) in [6.07, 6.45) is 4.05. The van der Waals surface area contributed by atoms with E-state index in [2.05, 4.69) is 21.6 Å². The number of aromatic nitrogens is 2. The molecule has 25 heavy (non-hydrogen) atoms. The van der Waals surface area contributed by atoms with Crippen LogP contribution >= 0.6 is 0 Å². The predicted molar refractivity (Wildman–Crippen MR) is 90.3 cm³/mol. The Balaban J connectivity index is 1.61. The van der Waals surface area contributed by atoms with E-state index in [-0.39, 0.29) is 11.1 Å². The van der Waals surface area contributed by atoms with E-state index in [1.807, 2.05) is 6.07 Å². The van der Waals surface area contributed by atoms with E-state index in [4.69, 9.17) is 0 Å². The van der Waals surface area contributed by atoms with Gasteiger partial charge in [-0.15, -0.1) is 0 Å². The van der Waals surface area contributed by atoms with E-state index >= 15 is 0 Å². The van der Waals surface area contributed by atoms with Crippen molar-refractivity contribution in [2.24, 2.45) is 0 Å². The molecule has 0 saturated heterocycles. The lowest BCUT2D eigenvalue weighted by molar-refractivity contribution is 0.0950. The van der Waals surface area contributed by atoms with Gasteiger partial charge in [0.25, 0.3) is 5.91 Å². The van der Waals surface area contributed by atoms with Crippen LogP contribution in [0, 0.1) is 18.6 Å². The number of aryl methyl sites for hydroxylation is 1. The third-order valence-electron chi connectivity index (χ3n) is 4.69. The first-order chi connectivity index (χ1) is 12.0. The molecular weight excluding hydrogens is 324 g/mol. The molecule has 4 nitrogen and oxygen atoms in total. The van der Waals surface area contributed by atoms with Crippen LogP contribution in [-0.2, 0) is 6.54 Å². The average Bonchev–Trinajstić information content (AvgIpc) is 3.33. The maximum absolute atomic E-state index is 13.5. The number of nitrogens with one attached hydrogen (secondary N) is 2. The van der Waals surface area contributed by atoms with E-state index in [0.717, 1.165) is 35.4 Å². The Morgan fingerprint density at radius 2 is 2.12 bits per heavy atom. The zero-order valence-corrected chi connectivity index (χ0v) is 13.7. The highest BCUT2D eigenvalue weighted by Crippen LogP contribution is 2.43. The van der Waals surface area contributed by atoms with Crippen molar-refractivity contribution < 1.29 is 13.6 Å². The summed E-state index contributed by atoms with van der Waals surface area (Å²) in [5, 5.41) is 10.8. The molecular formula is C19H17F2N3O. The molecule has 1 aliphatic rings. The van der Waals surface area contributed by atoms with Gasteiger partial charge in [-0.05, 0) is 60.6 Å². The number of halogens is 2. The van der Waals surface area contributed by atoms with Crippen LogP contribution in [0.4, 0.5) is 8.78 Å². The maximum atomic E-state index is 13.5. The number of hydrogen-bond acceptors (Lipinski definition) is 2. The Hall–Kier alpha value is -2.76. The standard InChI is InChI=1S/C19H17F2N3O/c1-10-6-12(7-16(20)18(10)21)19(25)22-8-14-13(11-2-3-11)4-5-17-15(14)9-23-24-17/h4-7,9,11H,2-3,8H2,1H3,(H,22,25)(H,23,24). The fourth-order valence-electron chi connectivity index (χ4n) is 3.20. The highest BCUT2D eigenvalue weighted by Gasteiger charge is 2.27. The maximum Gasteiger partial charge on any atom is 0.251 e. The Morgan fingerprint density at radius 3 is 2.84 bits per heavy atom. The van der Waals surface area contributed by atoms with Gasteiger partial charge in [0, 0.05) is 17.5 Å². The van der Waals surface area contributed by atoms with Crippen molar-refractivity contribution in [1.82, 2.24) is 15.5 Å². The van der Waals surface area contributed by atoms with Crippen LogP contribution in [0.2, 0.25) is 0 Å². The van der Waals surface area contributed by atoms with E-state index < -0.39 is 17.5 Å². The van der Waals surface area contributed by atoms with Gasteiger partial charge in [-0.25, -0.2) is 8.78 Å². The molecule has 0 unspecified atom stereocenters. The summed E-state index contributed by atoms with van der Waals surface area (Å²) in [4.78, 5) is 12.4. The molecule has 128 valence electrons. The van der Waals surface area contributed by atoms with Gasteiger partial charge in [0.05, 0.1) is 11.7 Å². The highest BCUT2D eigenvalue weighted by atomic mass is 19.2. The molecule has 4 rings (SSSR count). The van der Waals surface area contributed by atoms with Crippen molar-refractivity contribution in [2.45, 2.75) is 32.2 Å². The average molecular weight is 341 g/mol. The summed E-state index contributed by atoms with van der Waals surface area (Å²) in [7, 11) is 0. The van der Waals surface area contributed by atoms with Crippen LogP contribution in [-0.4, -0.2) is 16.1 Å². The molecule has 0 bridgehead atoms. The Bertz CT molecular complexity index is 953. The van der Waals surface area contributed by atoms with Crippen LogP contribution in [0.3, 0.4) is 0 Å². The molecule has 0 spiro atoms. The van der Waals surface area contributed by atoms with Crippen molar-refractivity contribution in [1.29, 1.82) is 0 Å². The Kier molecular flexibility index (Phi) is 3.75. The molecule has 0 aliphatic heterocycles. The first-order valence-electron chi connectivity index (χ1n) is 8.23. The lowest BCUT2D eigenvalue weighted by Gasteiger charge is -2.12. The fraction of sp³-hybridized carbons (Fsp3) is 0.263. The first-order valence-corrected chi connectivity index (χ1v) is 8.23. The van der Waals surface area contributed by atoms with Gasteiger partial charge in [-0.2, -0.15) is 5.10 Å². The van der Waals surface area contributed by atoms with E-state index in [1.165, 1.54) is 18.6 Å². The van der Waals surface area contributed by atoms with Gasteiger partial charge in [-0.3, -0.25) is 9.89 Å². The minimum atomic E-state index is -1.01. The predicted octanol–water partition coefficient (Wildman–Crippen LogP) is 3.96. The van der Waals surface area contributed by atoms with Gasteiger partial charge in [0.2, 0.25) is 0 Å². The van der Waals surface area contributed by atoms with E-state index in [1.54, 1.807) is 6.20 Å². The number of nitrogens with zero attached hydrogens (tertiary/aromatic N) is 1. The number of rotatable bonds is 4. The summed E-state index contributed by atoms with van der Waals surface area (Å²) in [5.41, 5.74) is 3.39. The van der Waals surface area contributed by atoms with Gasteiger partial charge in [0.15, 0.2) is 11.6 Å². The molecule has 1 fully saturated rings. The summed E-state index contributed by atoms with van der Waals surface area (Å²) in [6.45, 7) is 1.76. The molecule has 0 atom stereocenters. The van der Waals surface area contributed by atoms with Crippen LogP contribution in [0.1, 0.15) is 45.8 Å². The molecule has 1 aliphatic carbocycles. The van der Waals surface area contributed by atoms with Gasteiger partial charge in [-0.1, -0.05) is 6.07 Å². The molecule has 1 aromatic heterocycles. The van der Waals surface area contributed by atoms with Crippen LogP contribution in [0.25, 0.3) is 10.9 Å². The van der Waals surface area contributed by atoms with Crippen molar-refractivity contribution in [3.63, 3.8) is 0 Å². The number of amides is 1. The SMILES string of the molecule is Cc1cc(C(=O)NCc2c(C3CC3)ccc3[nH]ncc23)cc(F)c1F. The summed E-state index contributed by atoms with van der Waals surface area (Å²) >= 11 is 0. The Morgan fingerprint density at radius 1 is 1.32 bits per heavy atom. The molecule has 2 N–H and O–H groups in total. The van der Waals surface area contributed by atoms with Crippen LogP contribution < -0.4 is 5.32 Å². The number of aromatic amines is 1. The Labute approximate surface area is 143 Å². The zero-order chi connectivity index (χ0) is 17.6. The second-order valence-electron chi connectivity index (χ2n) is 6.51. The first kappa shape index (κ1) is 15.7. The van der Waals surface area contributed by atoms with Crippen molar-refractivity contribution in [3.05, 3.63) is 64.4 Å². The van der Waals surface area contributed by atoms with E-state index in [9.17, 15) is 13.6 Å². The number of carbonyl (C=O) groups excluding carboxylic acids is 1. The molecule has 2 aromatic carbocycles. The third-order valence-corrected chi connectivity index (χ3v) is 4.69.